The number of hydrogen-bond donors (Lipinski definition) is 4. The van der Waals surface area contributed by atoms with Crippen molar-refractivity contribution in [3.8, 4) is 0 Å². The van der Waals surface area contributed by atoms with E-state index in [1.54, 1.807) is 0 Å². The van der Waals surface area contributed by atoms with Gasteiger partial charge in [-0.1, -0.05) is 13.8 Å². The van der Waals surface area contributed by atoms with Crippen LogP contribution in [0.1, 0.15) is 26.7 Å². The van der Waals surface area contributed by atoms with E-state index in [1.807, 2.05) is 0 Å². The van der Waals surface area contributed by atoms with Gasteiger partial charge in [0.25, 0.3) is 0 Å². The monoisotopic (exact) mass is 236 g/mol. The summed E-state index contributed by atoms with van der Waals surface area (Å²) >= 11 is 0. The number of hydrogen-bond acceptors (Lipinski definition) is 4. The molecule has 2 atom stereocenters. The summed E-state index contributed by atoms with van der Waals surface area (Å²) in [5.41, 5.74) is 0. The first-order valence-corrected chi connectivity index (χ1v) is 5.05. The summed E-state index contributed by atoms with van der Waals surface area (Å²) in [7, 11) is 0. The molecule has 0 aromatic carbocycles. The van der Waals surface area contributed by atoms with Gasteiger partial charge in [0.15, 0.2) is 0 Å². The van der Waals surface area contributed by atoms with Gasteiger partial charge in [0.2, 0.25) is 0 Å². The van der Waals surface area contributed by atoms with Gasteiger partial charge in [-0.15, -0.1) is 0 Å². The zero-order chi connectivity index (χ0) is 13.1. The van der Waals surface area contributed by atoms with E-state index in [0.29, 0.717) is 0 Å². The molecular formula is C10H20O6. The summed E-state index contributed by atoms with van der Waals surface area (Å²) in [4.78, 5) is 20.4. The smallest absolute Gasteiger partial charge is 0.307 e. The minimum absolute atomic E-state index is 0.195. The molecule has 0 aromatic heterocycles. The molecule has 0 rings (SSSR count). The lowest BCUT2D eigenvalue weighted by atomic mass is 9.97. The molecule has 0 aliphatic rings. The molecule has 16 heavy (non-hydrogen) atoms. The van der Waals surface area contributed by atoms with Crippen molar-refractivity contribution in [1.29, 1.82) is 0 Å². The molecule has 0 heterocycles. The Labute approximate surface area is 94.5 Å². The van der Waals surface area contributed by atoms with Crippen LogP contribution in [-0.2, 0) is 9.59 Å². The van der Waals surface area contributed by atoms with Crippen LogP contribution in [-0.4, -0.2) is 45.6 Å². The third-order valence-corrected chi connectivity index (χ3v) is 2.10. The maximum absolute atomic E-state index is 10.2. The van der Waals surface area contributed by atoms with Crippen LogP contribution in [0.5, 0.6) is 0 Å². The summed E-state index contributed by atoms with van der Waals surface area (Å²) in [6.45, 7) is 3.14. The van der Waals surface area contributed by atoms with Crippen molar-refractivity contribution in [2.45, 2.75) is 26.7 Å². The minimum atomic E-state index is -1.07. The third kappa shape index (κ3) is 9.42. The average molecular weight is 236 g/mol. The van der Waals surface area contributed by atoms with E-state index < -0.39 is 23.8 Å². The van der Waals surface area contributed by atoms with Crippen LogP contribution in [0.15, 0.2) is 0 Å². The number of aliphatic carboxylic acids is 2. The first-order valence-electron chi connectivity index (χ1n) is 5.05. The van der Waals surface area contributed by atoms with Gasteiger partial charge in [0, 0.05) is 13.2 Å². The molecule has 0 aliphatic carbocycles. The Bertz CT molecular complexity index is 181. The van der Waals surface area contributed by atoms with Crippen LogP contribution in [0, 0.1) is 11.8 Å². The summed E-state index contributed by atoms with van der Waals surface area (Å²) in [6, 6.07) is 0. The van der Waals surface area contributed by atoms with Gasteiger partial charge < -0.3 is 20.4 Å². The number of carboxylic acid groups (broad SMARTS) is 2. The van der Waals surface area contributed by atoms with E-state index in [-0.39, 0.29) is 13.2 Å². The molecule has 0 aliphatic heterocycles. The van der Waals surface area contributed by atoms with E-state index in [9.17, 15) is 9.59 Å². The first kappa shape index (κ1) is 17.3. The standard InChI is InChI=1S/C6H10O4.C4H10O2/c1-3(5(7)8)4(2)6(9)10;5-3-1-2-4-6/h3-4H,1-2H3,(H,7,8)(H,9,10);5-6H,1-4H2. The highest BCUT2D eigenvalue weighted by atomic mass is 16.4. The van der Waals surface area contributed by atoms with Crippen molar-refractivity contribution < 1.29 is 30.0 Å². The van der Waals surface area contributed by atoms with Gasteiger partial charge in [0.05, 0.1) is 11.8 Å². The van der Waals surface area contributed by atoms with Gasteiger partial charge in [-0.05, 0) is 12.8 Å². The Morgan fingerprint density at radius 1 is 0.875 bits per heavy atom. The van der Waals surface area contributed by atoms with Gasteiger partial charge in [-0.3, -0.25) is 9.59 Å². The van der Waals surface area contributed by atoms with Crippen molar-refractivity contribution in [3.63, 3.8) is 0 Å². The SMILES string of the molecule is CC(C(=O)O)C(C)C(=O)O.OCCCCO. The van der Waals surface area contributed by atoms with Crippen LogP contribution in [0.3, 0.4) is 0 Å². The topological polar surface area (TPSA) is 115 Å². The van der Waals surface area contributed by atoms with Crippen molar-refractivity contribution in [3.05, 3.63) is 0 Å². The molecule has 96 valence electrons. The molecule has 0 spiro atoms. The molecule has 4 N–H and O–H groups in total. The molecule has 6 heteroatoms. The van der Waals surface area contributed by atoms with E-state index in [0.717, 1.165) is 12.8 Å². The van der Waals surface area contributed by atoms with E-state index >= 15 is 0 Å². The molecule has 0 saturated carbocycles. The first-order chi connectivity index (χ1) is 7.38. The molecule has 0 aromatic rings. The van der Waals surface area contributed by atoms with Crippen molar-refractivity contribution >= 4 is 11.9 Å². The largest absolute Gasteiger partial charge is 0.481 e. The van der Waals surface area contributed by atoms with Crippen LogP contribution in [0.25, 0.3) is 0 Å². The Morgan fingerprint density at radius 2 is 1.12 bits per heavy atom. The zero-order valence-corrected chi connectivity index (χ0v) is 9.59. The lowest BCUT2D eigenvalue weighted by Gasteiger charge is -2.09. The van der Waals surface area contributed by atoms with E-state index in [1.165, 1.54) is 13.8 Å². The van der Waals surface area contributed by atoms with Crippen LogP contribution >= 0.6 is 0 Å². The average Bonchev–Trinajstić information content (AvgIpc) is 2.24. The second-order valence-electron chi connectivity index (χ2n) is 3.41. The Morgan fingerprint density at radius 3 is 1.25 bits per heavy atom. The molecule has 0 radical (unpaired) electrons. The van der Waals surface area contributed by atoms with Crippen molar-refractivity contribution in [1.82, 2.24) is 0 Å². The quantitative estimate of drug-likeness (QED) is 0.489. The maximum Gasteiger partial charge on any atom is 0.307 e. The number of carboxylic acids is 2. The van der Waals surface area contributed by atoms with Crippen LogP contribution < -0.4 is 0 Å². The normalized spacial score (nSPS) is 13.2. The van der Waals surface area contributed by atoms with Gasteiger partial charge in [-0.25, -0.2) is 0 Å². The van der Waals surface area contributed by atoms with E-state index in [4.69, 9.17) is 20.4 Å². The second kappa shape index (κ2) is 10.4. The Kier molecular flexibility index (Phi) is 11.2. The van der Waals surface area contributed by atoms with Gasteiger partial charge in [-0.2, -0.15) is 0 Å². The van der Waals surface area contributed by atoms with Crippen molar-refractivity contribution in [2.75, 3.05) is 13.2 Å². The Hall–Kier alpha value is -1.14. The van der Waals surface area contributed by atoms with Crippen LogP contribution in [0.2, 0.25) is 0 Å². The highest BCUT2D eigenvalue weighted by Gasteiger charge is 2.24. The molecule has 0 bridgehead atoms. The van der Waals surface area contributed by atoms with Crippen LogP contribution in [0.4, 0.5) is 0 Å². The summed E-state index contributed by atoms with van der Waals surface area (Å²) in [5.74, 6) is -3.79. The van der Waals surface area contributed by atoms with Crippen molar-refractivity contribution in [2.24, 2.45) is 11.8 Å². The predicted molar refractivity (Wildman–Crippen MR) is 57.0 cm³/mol. The Balaban J connectivity index is 0. The third-order valence-electron chi connectivity index (χ3n) is 2.10. The number of rotatable bonds is 6. The number of aliphatic hydroxyl groups is 2. The lowest BCUT2D eigenvalue weighted by Crippen LogP contribution is -2.24. The molecule has 0 saturated heterocycles. The van der Waals surface area contributed by atoms with Gasteiger partial charge >= 0.3 is 11.9 Å². The number of carbonyl (C=O) groups is 2. The highest BCUT2D eigenvalue weighted by molar-refractivity contribution is 5.79. The minimum Gasteiger partial charge on any atom is -0.481 e. The lowest BCUT2D eigenvalue weighted by molar-refractivity contribution is -0.152. The molecule has 6 nitrogen and oxygen atoms in total. The summed E-state index contributed by atoms with van der Waals surface area (Å²) < 4.78 is 0. The molecule has 2 unspecified atom stereocenters. The zero-order valence-electron chi connectivity index (χ0n) is 9.59. The summed E-state index contributed by atoms with van der Waals surface area (Å²) in [6.07, 6.45) is 1.44. The molecule has 0 fully saturated rings. The number of aliphatic hydroxyl groups excluding tert-OH is 2. The predicted octanol–water partition coefficient (Wildman–Crippen LogP) is 0.179. The molecular weight excluding hydrogens is 216 g/mol. The fourth-order valence-corrected chi connectivity index (χ4v) is 0.651. The molecule has 0 amide bonds. The fourth-order valence-electron chi connectivity index (χ4n) is 0.651. The summed E-state index contributed by atoms with van der Waals surface area (Å²) in [5, 5.41) is 32.8. The fraction of sp³-hybridized carbons (Fsp3) is 0.800. The highest BCUT2D eigenvalue weighted by Crippen LogP contribution is 2.10. The van der Waals surface area contributed by atoms with E-state index in [2.05, 4.69) is 0 Å². The maximum atomic E-state index is 10.2. The number of unbranched alkanes of at least 4 members (excludes halogenated alkanes) is 1. The van der Waals surface area contributed by atoms with Gasteiger partial charge in [0.1, 0.15) is 0 Å². The second-order valence-corrected chi connectivity index (χ2v) is 3.41.